The number of hydrogen-bond donors (Lipinski definition) is 0. The van der Waals surface area contributed by atoms with Gasteiger partial charge < -0.3 is 4.42 Å². The minimum absolute atomic E-state index is 0.116. The number of hydrogen-bond acceptors (Lipinski definition) is 3. The number of ketones is 2. The maximum absolute atomic E-state index is 11.2. The van der Waals surface area contributed by atoms with Crippen molar-refractivity contribution in [3.05, 3.63) is 24.2 Å². The van der Waals surface area contributed by atoms with Crippen LogP contribution in [0.3, 0.4) is 0 Å². The molecule has 1 rings (SSSR count). The first-order chi connectivity index (χ1) is 5.63. The third-order valence-corrected chi connectivity index (χ3v) is 1.86. The van der Waals surface area contributed by atoms with Gasteiger partial charge in [0, 0.05) is 0 Å². The molecule has 0 aliphatic rings. The maximum Gasteiger partial charge on any atom is 0.223 e. The van der Waals surface area contributed by atoms with Crippen LogP contribution in [0.2, 0.25) is 0 Å². The van der Waals surface area contributed by atoms with E-state index in [1.807, 2.05) is 0 Å². The van der Waals surface area contributed by atoms with Crippen LogP contribution in [0.4, 0.5) is 0 Å². The van der Waals surface area contributed by atoms with E-state index in [4.69, 9.17) is 16.0 Å². The van der Waals surface area contributed by atoms with Crippen molar-refractivity contribution in [2.75, 3.05) is 0 Å². The summed E-state index contributed by atoms with van der Waals surface area (Å²) in [4.78, 5) is 21.9. The molecule has 0 saturated heterocycles. The summed E-state index contributed by atoms with van der Waals surface area (Å²) in [6, 6.07) is 3.04. The van der Waals surface area contributed by atoms with Crippen LogP contribution in [0.15, 0.2) is 22.8 Å². The predicted molar refractivity (Wildman–Crippen MR) is 43.4 cm³/mol. The first-order valence-corrected chi connectivity index (χ1v) is 3.79. The van der Waals surface area contributed by atoms with Crippen molar-refractivity contribution < 1.29 is 14.0 Å². The highest BCUT2D eigenvalue weighted by molar-refractivity contribution is 6.43. The van der Waals surface area contributed by atoms with E-state index in [9.17, 15) is 9.59 Å². The number of furan rings is 1. The summed E-state index contributed by atoms with van der Waals surface area (Å²) in [6.45, 7) is 1.26. The van der Waals surface area contributed by atoms with Gasteiger partial charge in [0.15, 0.2) is 16.9 Å². The van der Waals surface area contributed by atoms with Crippen LogP contribution in [-0.2, 0) is 4.79 Å². The van der Waals surface area contributed by atoms with E-state index in [0.717, 1.165) is 0 Å². The topological polar surface area (TPSA) is 47.3 Å². The second-order valence-electron chi connectivity index (χ2n) is 2.31. The van der Waals surface area contributed by atoms with Crippen LogP contribution >= 0.6 is 11.6 Å². The van der Waals surface area contributed by atoms with Gasteiger partial charge in [-0.3, -0.25) is 9.59 Å². The zero-order valence-corrected chi connectivity index (χ0v) is 7.17. The number of alkyl halides is 1. The van der Waals surface area contributed by atoms with Crippen molar-refractivity contribution in [3.8, 4) is 0 Å². The molecule has 0 saturated carbocycles. The second-order valence-corrected chi connectivity index (χ2v) is 2.75. The molecule has 4 heteroatoms. The summed E-state index contributed by atoms with van der Waals surface area (Å²) in [5.41, 5.74) is 0. The molecule has 1 aromatic heterocycles. The van der Waals surface area contributed by atoms with Crippen molar-refractivity contribution in [3.63, 3.8) is 0 Å². The summed E-state index contributed by atoms with van der Waals surface area (Å²) >= 11 is 5.50. The zero-order chi connectivity index (χ0) is 9.14. The van der Waals surface area contributed by atoms with Gasteiger partial charge in [-0.25, -0.2) is 0 Å². The molecule has 0 radical (unpaired) electrons. The van der Waals surface area contributed by atoms with E-state index in [1.54, 1.807) is 6.07 Å². The number of halogens is 1. The highest BCUT2D eigenvalue weighted by Crippen LogP contribution is 2.09. The minimum atomic E-state index is -1.13. The van der Waals surface area contributed by atoms with Crippen molar-refractivity contribution in [2.24, 2.45) is 0 Å². The fourth-order valence-electron chi connectivity index (χ4n) is 0.728. The average Bonchev–Trinajstić information content (AvgIpc) is 2.53. The second kappa shape index (κ2) is 3.54. The number of rotatable bonds is 3. The molecular formula is C8H7ClO3. The van der Waals surface area contributed by atoms with Gasteiger partial charge in [-0.15, -0.1) is 11.6 Å². The van der Waals surface area contributed by atoms with Crippen LogP contribution < -0.4 is 0 Å². The molecule has 12 heavy (non-hydrogen) atoms. The highest BCUT2D eigenvalue weighted by atomic mass is 35.5. The molecule has 0 aliphatic carbocycles. The first-order valence-electron chi connectivity index (χ1n) is 3.35. The van der Waals surface area contributed by atoms with Gasteiger partial charge in [0.2, 0.25) is 5.78 Å². The predicted octanol–water partition coefficient (Wildman–Crippen LogP) is 1.66. The van der Waals surface area contributed by atoms with Crippen LogP contribution in [0.5, 0.6) is 0 Å². The van der Waals surface area contributed by atoms with E-state index in [0.29, 0.717) is 0 Å². The van der Waals surface area contributed by atoms with Crippen LogP contribution in [-0.4, -0.2) is 16.9 Å². The van der Waals surface area contributed by atoms with Crippen LogP contribution in [0.1, 0.15) is 17.5 Å². The van der Waals surface area contributed by atoms with Gasteiger partial charge in [0.1, 0.15) is 0 Å². The molecule has 3 nitrogen and oxygen atoms in total. The van der Waals surface area contributed by atoms with E-state index in [-0.39, 0.29) is 11.5 Å². The third-order valence-electron chi connectivity index (χ3n) is 1.35. The minimum Gasteiger partial charge on any atom is -0.461 e. The molecule has 1 atom stereocenters. The Labute approximate surface area is 74.3 Å². The molecule has 1 unspecified atom stereocenters. The van der Waals surface area contributed by atoms with Gasteiger partial charge in [-0.2, -0.15) is 0 Å². The fourth-order valence-corrected chi connectivity index (χ4v) is 0.836. The Kier molecular flexibility index (Phi) is 2.65. The number of carbonyl (C=O) groups is 2. The maximum atomic E-state index is 11.2. The molecule has 0 aliphatic heterocycles. The lowest BCUT2D eigenvalue weighted by atomic mass is 10.2. The first kappa shape index (κ1) is 9.00. The Balaban J connectivity index is 2.79. The molecule has 1 heterocycles. The van der Waals surface area contributed by atoms with E-state index in [1.165, 1.54) is 19.3 Å². The summed E-state index contributed by atoms with van der Waals surface area (Å²) < 4.78 is 4.78. The average molecular weight is 187 g/mol. The lowest BCUT2D eigenvalue weighted by Gasteiger charge is -1.99. The quantitative estimate of drug-likeness (QED) is 0.410. The fraction of sp³-hybridized carbons (Fsp3) is 0.250. The van der Waals surface area contributed by atoms with Gasteiger partial charge in [0.05, 0.1) is 6.26 Å². The summed E-state index contributed by atoms with van der Waals surface area (Å²) in [5, 5.41) is -1.13. The molecule has 0 amide bonds. The van der Waals surface area contributed by atoms with Gasteiger partial charge in [0.25, 0.3) is 0 Å². The van der Waals surface area contributed by atoms with Crippen LogP contribution in [0, 0.1) is 0 Å². The van der Waals surface area contributed by atoms with Crippen molar-refractivity contribution >= 4 is 23.2 Å². The highest BCUT2D eigenvalue weighted by Gasteiger charge is 2.23. The van der Waals surface area contributed by atoms with Crippen molar-refractivity contribution in [1.29, 1.82) is 0 Å². The van der Waals surface area contributed by atoms with Gasteiger partial charge in [-0.1, -0.05) is 0 Å². The Morgan fingerprint density at radius 2 is 2.25 bits per heavy atom. The van der Waals surface area contributed by atoms with E-state index >= 15 is 0 Å². The Morgan fingerprint density at radius 1 is 1.58 bits per heavy atom. The SMILES string of the molecule is CC(=O)C(Cl)C(=O)c1ccco1. The molecular weight excluding hydrogens is 180 g/mol. The monoisotopic (exact) mass is 186 g/mol. The molecule has 0 spiro atoms. The smallest absolute Gasteiger partial charge is 0.223 e. The van der Waals surface area contributed by atoms with E-state index < -0.39 is 11.2 Å². The molecule has 0 N–H and O–H groups in total. The normalized spacial score (nSPS) is 12.5. The molecule has 0 bridgehead atoms. The summed E-state index contributed by atoms with van der Waals surface area (Å²) in [6.07, 6.45) is 1.36. The van der Waals surface area contributed by atoms with E-state index in [2.05, 4.69) is 0 Å². The lowest BCUT2D eigenvalue weighted by Crippen LogP contribution is -2.21. The molecule has 1 aromatic rings. The Bertz CT molecular complexity index is 289. The number of carbonyl (C=O) groups excluding carboxylic acids is 2. The summed E-state index contributed by atoms with van der Waals surface area (Å²) in [7, 11) is 0. The molecule has 64 valence electrons. The van der Waals surface area contributed by atoms with Crippen molar-refractivity contribution in [1.82, 2.24) is 0 Å². The van der Waals surface area contributed by atoms with Crippen molar-refractivity contribution in [2.45, 2.75) is 12.3 Å². The summed E-state index contributed by atoms with van der Waals surface area (Å²) in [5.74, 6) is -0.752. The Hall–Kier alpha value is -1.09. The van der Waals surface area contributed by atoms with Crippen LogP contribution in [0.25, 0.3) is 0 Å². The zero-order valence-electron chi connectivity index (χ0n) is 6.41. The molecule has 0 fully saturated rings. The Morgan fingerprint density at radius 3 is 2.67 bits per heavy atom. The third kappa shape index (κ3) is 1.74. The number of Topliss-reactive ketones (excluding diaryl/α,β-unsaturated/α-hetero) is 2. The standard InChI is InChI=1S/C8H7ClO3/c1-5(10)7(9)8(11)6-3-2-4-12-6/h2-4,7H,1H3. The largest absolute Gasteiger partial charge is 0.461 e. The lowest BCUT2D eigenvalue weighted by molar-refractivity contribution is -0.115. The molecule has 0 aromatic carbocycles. The van der Waals surface area contributed by atoms with Gasteiger partial charge in [-0.05, 0) is 19.1 Å². The van der Waals surface area contributed by atoms with Gasteiger partial charge >= 0.3 is 0 Å².